The number of carbonyl (C=O) groups excluding carboxylic acids is 1. The van der Waals surface area contributed by atoms with Gasteiger partial charge >= 0.3 is 6.09 Å². The van der Waals surface area contributed by atoms with E-state index in [1.54, 1.807) is 29.2 Å². The summed E-state index contributed by atoms with van der Waals surface area (Å²) in [6, 6.07) is 16.3. The van der Waals surface area contributed by atoms with Gasteiger partial charge in [0.2, 0.25) is 0 Å². The zero-order valence-electron chi connectivity index (χ0n) is 12.7. The lowest BCUT2D eigenvalue weighted by Gasteiger charge is -2.22. The molecule has 0 saturated carbocycles. The molecule has 0 radical (unpaired) electrons. The third-order valence-corrected chi connectivity index (χ3v) is 3.29. The summed E-state index contributed by atoms with van der Waals surface area (Å²) in [5, 5.41) is 9.41. The summed E-state index contributed by atoms with van der Waals surface area (Å²) >= 11 is 0. The number of rotatable bonds is 6. The SMILES string of the molecule is CCCCOC(=O)N(Cc1ccccc1)c1ccc(O)cc1. The predicted octanol–water partition coefficient (Wildman–Crippen LogP) is 4.34. The van der Waals surface area contributed by atoms with Crippen LogP contribution in [0.15, 0.2) is 54.6 Å². The minimum atomic E-state index is -0.372. The van der Waals surface area contributed by atoms with E-state index in [1.807, 2.05) is 30.3 Å². The first-order valence-electron chi connectivity index (χ1n) is 7.48. The highest BCUT2D eigenvalue weighted by molar-refractivity contribution is 5.87. The molecule has 0 saturated heterocycles. The molecule has 2 rings (SSSR count). The van der Waals surface area contributed by atoms with E-state index in [0.29, 0.717) is 18.8 Å². The minimum absolute atomic E-state index is 0.169. The lowest BCUT2D eigenvalue weighted by Crippen LogP contribution is -2.31. The maximum Gasteiger partial charge on any atom is 0.414 e. The van der Waals surface area contributed by atoms with Crippen molar-refractivity contribution in [1.82, 2.24) is 0 Å². The van der Waals surface area contributed by atoms with Crippen LogP contribution in [-0.4, -0.2) is 17.8 Å². The van der Waals surface area contributed by atoms with E-state index in [-0.39, 0.29) is 11.8 Å². The molecule has 0 bridgehead atoms. The Balaban J connectivity index is 2.16. The number of amides is 1. The summed E-state index contributed by atoms with van der Waals surface area (Å²) in [5.41, 5.74) is 1.71. The van der Waals surface area contributed by atoms with Gasteiger partial charge in [-0.25, -0.2) is 4.79 Å². The smallest absolute Gasteiger partial charge is 0.414 e. The number of phenolic OH excluding ortho intramolecular Hbond substituents is 1. The molecule has 2 aromatic carbocycles. The van der Waals surface area contributed by atoms with Gasteiger partial charge in [-0.05, 0) is 36.2 Å². The summed E-state index contributed by atoms with van der Waals surface area (Å²) in [5.74, 6) is 0.169. The van der Waals surface area contributed by atoms with Crippen LogP contribution in [-0.2, 0) is 11.3 Å². The third kappa shape index (κ3) is 4.52. The van der Waals surface area contributed by atoms with Crippen LogP contribution >= 0.6 is 0 Å². The fourth-order valence-corrected chi connectivity index (χ4v) is 2.04. The predicted molar refractivity (Wildman–Crippen MR) is 87.0 cm³/mol. The van der Waals surface area contributed by atoms with Gasteiger partial charge < -0.3 is 9.84 Å². The molecular formula is C18H21NO3. The third-order valence-electron chi connectivity index (χ3n) is 3.29. The van der Waals surface area contributed by atoms with Crippen LogP contribution in [0.2, 0.25) is 0 Å². The van der Waals surface area contributed by atoms with E-state index in [1.165, 1.54) is 0 Å². The molecule has 2 aromatic rings. The fraction of sp³-hybridized carbons (Fsp3) is 0.278. The number of anilines is 1. The Morgan fingerprint density at radius 3 is 2.41 bits per heavy atom. The van der Waals surface area contributed by atoms with Crippen molar-refractivity contribution in [2.75, 3.05) is 11.5 Å². The van der Waals surface area contributed by atoms with Crippen molar-refractivity contribution in [3.05, 3.63) is 60.2 Å². The average molecular weight is 299 g/mol. The number of hydrogen-bond acceptors (Lipinski definition) is 3. The highest BCUT2D eigenvalue weighted by Gasteiger charge is 2.17. The zero-order chi connectivity index (χ0) is 15.8. The molecule has 0 unspecified atom stereocenters. The summed E-state index contributed by atoms with van der Waals surface area (Å²) in [4.78, 5) is 13.9. The van der Waals surface area contributed by atoms with E-state index >= 15 is 0 Å². The monoisotopic (exact) mass is 299 g/mol. The molecule has 4 heteroatoms. The van der Waals surface area contributed by atoms with Crippen LogP contribution in [0.25, 0.3) is 0 Å². The van der Waals surface area contributed by atoms with E-state index < -0.39 is 0 Å². The van der Waals surface area contributed by atoms with Crippen LogP contribution in [0.4, 0.5) is 10.5 Å². The van der Waals surface area contributed by atoms with Crippen LogP contribution in [0.1, 0.15) is 25.3 Å². The standard InChI is InChI=1S/C18H21NO3/c1-2-3-13-22-18(21)19(14-15-7-5-4-6-8-15)16-9-11-17(20)12-10-16/h4-12,20H,2-3,13-14H2,1H3. The topological polar surface area (TPSA) is 49.8 Å². The minimum Gasteiger partial charge on any atom is -0.508 e. The van der Waals surface area contributed by atoms with Crippen molar-refractivity contribution in [3.63, 3.8) is 0 Å². The first kappa shape index (κ1) is 15.9. The van der Waals surface area contributed by atoms with Gasteiger partial charge in [0.25, 0.3) is 0 Å². The highest BCUT2D eigenvalue weighted by Crippen LogP contribution is 2.21. The molecule has 0 fully saturated rings. The number of phenols is 1. The van der Waals surface area contributed by atoms with Crippen molar-refractivity contribution in [3.8, 4) is 5.75 Å². The molecule has 1 N–H and O–H groups in total. The molecule has 0 aliphatic heterocycles. The maximum absolute atomic E-state index is 12.3. The van der Waals surface area contributed by atoms with Crippen LogP contribution in [0.3, 0.4) is 0 Å². The number of hydrogen-bond donors (Lipinski definition) is 1. The van der Waals surface area contributed by atoms with Gasteiger partial charge in [-0.1, -0.05) is 43.7 Å². The lowest BCUT2D eigenvalue weighted by molar-refractivity contribution is 0.151. The number of unbranched alkanes of at least 4 members (excludes halogenated alkanes) is 1. The largest absolute Gasteiger partial charge is 0.508 e. The second-order valence-corrected chi connectivity index (χ2v) is 5.06. The summed E-state index contributed by atoms with van der Waals surface area (Å²) in [7, 11) is 0. The Morgan fingerprint density at radius 2 is 1.77 bits per heavy atom. The zero-order valence-corrected chi connectivity index (χ0v) is 12.7. The van der Waals surface area contributed by atoms with Crippen molar-refractivity contribution >= 4 is 11.8 Å². The highest BCUT2D eigenvalue weighted by atomic mass is 16.6. The van der Waals surface area contributed by atoms with Gasteiger partial charge in [0.15, 0.2) is 0 Å². The first-order valence-corrected chi connectivity index (χ1v) is 7.48. The number of aromatic hydroxyl groups is 1. The van der Waals surface area contributed by atoms with Crippen molar-refractivity contribution < 1.29 is 14.6 Å². The Hall–Kier alpha value is -2.49. The molecule has 4 nitrogen and oxygen atoms in total. The molecule has 22 heavy (non-hydrogen) atoms. The van der Waals surface area contributed by atoms with E-state index in [2.05, 4.69) is 6.92 Å². The molecule has 0 atom stereocenters. The molecule has 0 heterocycles. The lowest BCUT2D eigenvalue weighted by atomic mass is 10.2. The Bertz CT molecular complexity index is 581. The molecule has 116 valence electrons. The van der Waals surface area contributed by atoms with Crippen LogP contribution < -0.4 is 4.90 Å². The summed E-state index contributed by atoms with van der Waals surface area (Å²) < 4.78 is 5.33. The normalized spacial score (nSPS) is 10.2. The van der Waals surface area contributed by atoms with Gasteiger partial charge in [0.05, 0.1) is 13.2 Å². The van der Waals surface area contributed by atoms with Crippen LogP contribution in [0.5, 0.6) is 5.75 Å². The first-order chi connectivity index (χ1) is 10.7. The molecule has 0 spiro atoms. The average Bonchev–Trinajstić information content (AvgIpc) is 2.55. The van der Waals surface area contributed by atoms with Crippen molar-refractivity contribution in [1.29, 1.82) is 0 Å². The summed E-state index contributed by atoms with van der Waals surface area (Å²) in [6.07, 6.45) is 1.45. The molecule has 0 aliphatic carbocycles. The molecule has 0 aromatic heterocycles. The van der Waals surface area contributed by atoms with Gasteiger partial charge in [0.1, 0.15) is 5.75 Å². The van der Waals surface area contributed by atoms with Crippen LogP contribution in [0, 0.1) is 0 Å². The van der Waals surface area contributed by atoms with E-state index in [9.17, 15) is 9.90 Å². The maximum atomic E-state index is 12.3. The van der Waals surface area contributed by atoms with Gasteiger partial charge in [-0.3, -0.25) is 4.90 Å². The van der Waals surface area contributed by atoms with Gasteiger partial charge in [-0.15, -0.1) is 0 Å². The van der Waals surface area contributed by atoms with Crippen molar-refractivity contribution in [2.24, 2.45) is 0 Å². The van der Waals surface area contributed by atoms with Gasteiger partial charge in [-0.2, -0.15) is 0 Å². The van der Waals surface area contributed by atoms with Crippen molar-refractivity contribution in [2.45, 2.75) is 26.3 Å². The molecular weight excluding hydrogens is 278 g/mol. The second-order valence-electron chi connectivity index (χ2n) is 5.06. The number of nitrogens with zero attached hydrogens (tertiary/aromatic N) is 1. The quantitative estimate of drug-likeness (QED) is 0.807. The van der Waals surface area contributed by atoms with E-state index in [4.69, 9.17) is 4.74 Å². The van der Waals surface area contributed by atoms with Gasteiger partial charge in [0, 0.05) is 5.69 Å². The van der Waals surface area contributed by atoms with E-state index in [0.717, 1.165) is 18.4 Å². The molecule has 1 amide bonds. The number of carbonyl (C=O) groups is 1. The number of benzene rings is 2. The molecule has 0 aliphatic rings. The second kappa shape index (κ2) is 8.08. The fourth-order valence-electron chi connectivity index (χ4n) is 2.04. The Labute approximate surface area is 131 Å². The Kier molecular flexibility index (Phi) is 5.83. The summed E-state index contributed by atoms with van der Waals surface area (Å²) in [6.45, 7) is 2.89. The number of ether oxygens (including phenoxy) is 1. The Morgan fingerprint density at radius 1 is 1.09 bits per heavy atom.